The molecule has 1 unspecified atom stereocenters. The van der Waals surface area contributed by atoms with Gasteiger partial charge in [-0.2, -0.15) is 4.31 Å². The molecule has 116 valence electrons. The monoisotopic (exact) mass is 313 g/mol. The van der Waals surface area contributed by atoms with Crippen LogP contribution in [-0.4, -0.2) is 50.6 Å². The van der Waals surface area contributed by atoms with Crippen molar-refractivity contribution in [1.82, 2.24) is 4.31 Å². The van der Waals surface area contributed by atoms with Crippen molar-refractivity contribution in [3.8, 4) is 0 Å². The van der Waals surface area contributed by atoms with Crippen LogP contribution in [0.15, 0.2) is 23.1 Å². The molecule has 2 rings (SSSR count). The lowest BCUT2D eigenvalue weighted by molar-refractivity contribution is 0.0696. The summed E-state index contributed by atoms with van der Waals surface area (Å²) in [4.78, 5) is 11.2. The van der Waals surface area contributed by atoms with Gasteiger partial charge in [-0.1, -0.05) is 6.07 Å². The topological polar surface area (TPSA) is 83.9 Å². The molecule has 0 radical (unpaired) electrons. The molecule has 1 fully saturated rings. The average Bonchev–Trinajstić information content (AvgIpc) is 2.88. The van der Waals surface area contributed by atoms with Gasteiger partial charge in [-0.15, -0.1) is 0 Å². The van der Waals surface area contributed by atoms with Crippen molar-refractivity contribution in [1.29, 1.82) is 0 Å². The Labute approximate surface area is 124 Å². The molecular weight excluding hydrogens is 294 g/mol. The van der Waals surface area contributed by atoms with Crippen LogP contribution in [0.3, 0.4) is 0 Å². The standard InChI is InChI=1S/C14H19NO5S/c1-10-12(14(16)17)4-3-5-13(10)21(18,19)15-7-6-11(8-15)9-20-2/h3-5,11H,6-9H2,1-2H3,(H,16,17). The minimum absolute atomic E-state index is 0.0173. The van der Waals surface area contributed by atoms with Gasteiger partial charge in [-0.05, 0) is 37.0 Å². The summed E-state index contributed by atoms with van der Waals surface area (Å²) < 4.78 is 31.8. The first kappa shape index (κ1) is 15.9. The van der Waals surface area contributed by atoms with Crippen molar-refractivity contribution in [3.63, 3.8) is 0 Å². The molecule has 1 saturated heterocycles. The Balaban J connectivity index is 2.33. The third-order valence-electron chi connectivity index (χ3n) is 3.78. The smallest absolute Gasteiger partial charge is 0.335 e. The van der Waals surface area contributed by atoms with Gasteiger partial charge in [0.25, 0.3) is 0 Å². The number of ether oxygens (including phenoxy) is 1. The molecule has 0 spiro atoms. The molecule has 1 atom stereocenters. The lowest BCUT2D eigenvalue weighted by atomic mass is 10.1. The van der Waals surface area contributed by atoms with Crippen LogP contribution in [0.2, 0.25) is 0 Å². The van der Waals surface area contributed by atoms with Gasteiger partial charge in [-0.25, -0.2) is 13.2 Å². The van der Waals surface area contributed by atoms with Gasteiger partial charge in [0.2, 0.25) is 10.0 Å². The Morgan fingerprint density at radius 2 is 2.19 bits per heavy atom. The summed E-state index contributed by atoms with van der Waals surface area (Å²) in [6, 6.07) is 4.33. The number of carboxylic acid groups (broad SMARTS) is 1. The van der Waals surface area contributed by atoms with Gasteiger partial charge < -0.3 is 9.84 Å². The maximum atomic E-state index is 12.7. The number of hydrogen-bond acceptors (Lipinski definition) is 4. The molecule has 0 aromatic heterocycles. The van der Waals surface area contributed by atoms with E-state index in [9.17, 15) is 13.2 Å². The molecule has 1 aromatic carbocycles. The van der Waals surface area contributed by atoms with Gasteiger partial charge >= 0.3 is 5.97 Å². The van der Waals surface area contributed by atoms with E-state index in [4.69, 9.17) is 9.84 Å². The second kappa shape index (κ2) is 6.13. The second-order valence-corrected chi connectivity index (χ2v) is 7.11. The van der Waals surface area contributed by atoms with E-state index in [1.165, 1.54) is 29.4 Å². The SMILES string of the molecule is COCC1CCN(S(=O)(=O)c2cccc(C(=O)O)c2C)C1. The summed E-state index contributed by atoms with van der Waals surface area (Å²) in [6.45, 7) is 2.90. The summed E-state index contributed by atoms with van der Waals surface area (Å²) in [7, 11) is -2.07. The van der Waals surface area contributed by atoms with Gasteiger partial charge in [0.05, 0.1) is 17.1 Å². The predicted octanol–water partition coefficient (Wildman–Crippen LogP) is 1.35. The highest BCUT2D eigenvalue weighted by Gasteiger charge is 2.33. The van der Waals surface area contributed by atoms with E-state index in [2.05, 4.69) is 0 Å². The molecular formula is C14H19NO5S. The Kier molecular flexibility index (Phi) is 4.65. The Morgan fingerprint density at radius 3 is 2.81 bits per heavy atom. The lowest BCUT2D eigenvalue weighted by Gasteiger charge is -2.18. The summed E-state index contributed by atoms with van der Waals surface area (Å²) in [5, 5.41) is 9.11. The summed E-state index contributed by atoms with van der Waals surface area (Å²) in [5.41, 5.74) is 0.295. The van der Waals surface area contributed by atoms with Crippen LogP contribution in [0.5, 0.6) is 0 Å². The molecule has 0 saturated carbocycles. The number of nitrogens with zero attached hydrogens (tertiary/aromatic N) is 1. The van der Waals surface area contributed by atoms with Crippen molar-refractivity contribution in [3.05, 3.63) is 29.3 Å². The number of hydrogen-bond donors (Lipinski definition) is 1. The van der Waals surface area contributed by atoms with E-state index in [1.807, 2.05) is 0 Å². The quantitative estimate of drug-likeness (QED) is 0.887. The maximum absolute atomic E-state index is 12.7. The average molecular weight is 313 g/mol. The van der Waals surface area contributed by atoms with Gasteiger partial charge in [0, 0.05) is 20.2 Å². The molecule has 0 amide bonds. The van der Waals surface area contributed by atoms with Crippen LogP contribution >= 0.6 is 0 Å². The molecule has 21 heavy (non-hydrogen) atoms. The van der Waals surface area contributed by atoms with Crippen molar-refractivity contribution in [2.75, 3.05) is 26.8 Å². The molecule has 1 aromatic rings. The number of benzene rings is 1. The van der Waals surface area contributed by atoms with Gasteiger partial charge in [-0.3, -0.25) is 0 Å². The molecule has 1 aliphatic heterocycles. The fourth-order valence-electron chi connectivity index (χ4n) is 2.65. The van der Waals surface area contributed by atoms with Crippen LogP contribution < -0.4 is 0 Å². The molecule has 6 nitrogen and oxygen atoms in total. The highest BCUT2D eigenvalue weighted by molar-refractivity contribution is 7.89. The zero-order valence-corrected chi connectivity index (χ0v) is 12.9. The molecule has 1 aliphatic rings. The van der Waals surface area contributed by atoms with Crippen molar-refractivity contribution >= 4 is 16.0 Å². The first-order chi connectivity index (χ1) is 9.87. The van der Waals surface area contributed by atoms with E-state index >= 15 is 0 Å². The van der Waals surface area contributed by atoms with E-state index in [0.717, 1.165) is 6.42 Å². The van der Waals surface area contributed by atoms with Crippen LogP contribution in [-0.2, 0) is 14.8 Å². The van der Waals surface area contributed by atoms with Crippen molar-refractivity contribution in [2.45, 2.75) is 18.2 Å². The van der Waals surface area contributed by atoms with Crippen LogP contribution in [0.4, 0.5) is 0 Å². The van der Waals surface area contributed by atoms with E-state index < -0.39 is 16.0 Å². The minimum Gasteiger partial charge on any atom is -0.478 e. The van der Waals surface area contributed by atoms with Crippen LogP contribution in [0.1, 0.15) is 22.3 Å². The Hall–Kier alpha value is -1.44. The third kappa shape index (κ3) is 3.09. The Bertz CT molecular complexity index is 641. The van der Waals surface area contributed by atoms with Gasteiger partial charge in [0.15, 0.2) is 0 Å². The first-order valence-electron chi connectivity index (χ1n) is 6.70. The number of methoxy groups -OCH3 is 1. The number of rotatable bonds is 5. The molecule has 0 aliphatic carbocycles. The largest absolute Gasteiger partial charge is 0.478 e. The highest BCUT2D eigenvalue weighted by Crippen LogP contribution is 2.27. The minimum atomic E-state index is -3.66. The zero-order chi connectivity index (χ0) is 15.6. The summed E-state index contributed by atoms with van der Waals surface area (Å²) in [5.74, 6) is -0.934. The van der Waals surface area contributed by atoms with E-state index in [0.29, 0.717) is 19.7 Å². The van der Waals surface area contributed by atoms with E-state index in [-0.39, 0.29) is 21.9 Å². The normalized spacial score (nSPS) is 19.8. The van der Waals surface area contributed by atoms with Crippen LogP contribution in [0.25, 0.3) is 0 Å². The molecule has 0 bridgehead atoms. The molecule has 7 heteroatoms. The van der Waals surface area contributed by atoms with Crippen molar-refractivity contribution in [2.24, 2.45) is 5.92 Å². The lowest BCUT2D eigenvalue weighted by Crippen LogP contribution is -2.30. The maximum Gasteiger partial charge on any atom is 0.335 e. The first-order valence-corrected chi connectivity index (χ1v) is 8.14. The molecule has 1 N–H and O–H groups in total. The predicted molar refractivity (Wildman–Crippen MR) is 76.9 cm³/mol. The van der Waals surface area contributed by atoms with E-state index in [1.54, 1.807) is 7.11 Å². The van der Waals surface area contributed by atoms with Gasteiger partial charge in [0.1, 0.15) is 0 Å². The highest BCUT2D eigenvalue weighted by atomic mass is 32.2. The number of carbonyl (C=O) groups is 1. The Morgan fingerprint density at radius 1 is 1.48 bits per heavy atom. The number of carboxylic acids is 1. The second-order valence-electron chi connectivity index (χ2n) is 5.21. The fourth-order valence-corrected chi connectivity index (χ4v) is 4.43. The van der Waals surface area contributed by atoms with Crippen molar-refractivity contribution < 1.29 is 23.1 Å². The fraction of sp³-hybridized carbons (Fsp3) is 0.500. The molecule has 1 heterocycles. The summed E-state index contributed by atoms with van der Waals surface area (Å²) in [6.07, 6.45) is 0.755. The summed E-state index contributed by atoms with van der Waals surface area (Å²) >= 11 is 0. The zero-order valence-electron chi connectivity index (χ0n) is 12.1. The number of sulfonamides is 1. The third-order valence-corrected chi connectivity index (χ3v) is 5.79. The van der Waals surface area contributed by atoms with Crippen LogP contribution in [0, 0.1) is 12.8 Å². The number of aromatic carboxylic acids is 1.